The Morgan fingerprint density at radius 2 is 1.71 bits per heavy atom. The van der Waals surface area contributed by atoms with Crippen molar-refractivity contribution in [2.75, 3.05) is 11.9 Å². The minimum atomic E-state index is -4.38. The Bertz CT molecular complexity index is 320. The Morgan fingerprint density at radius 1 is 1.07 bits per heavy atom. The third-order valence-corrected chi connectivity index (χ3v) is 1.41. The second kappa shape index (κ2) is 3.81. The van der Waals surface area contributed by atoms with Gasteiger partial charge in [-0.05, 0) is 12.1 Å². The largest absolute Gasteiger partial charge is 0.405 e. The van der Waals surface area contributed by atoms with Gasteiger partial charge in [-0.15, -0.1) is 0 Å². The molecule has 1 aromatic rings. The number of anilines is 1. The average Bonchev–Trinajstić information content (AvgIpc) is 2.06. The Kier molecular flexibility index (Phi) is 2.93. The molecule has 0 aliphatic heterocycles. The first-order chi connectivity index (χ1) is 6.38. The summed E-state index contributed by atoms with van der Waals surface area (Å²) in [4.78, 5) is 0. The van der Waals surface area contributed by atoms with Crippen molar-refractivity contribution in [2.45, 2.75) is 6.18 Å². The first-order valence-corrected chi connectivity index (χ1v) is 3.64. The number of hydrogen-bond donors (Lipinski definition) is 1. The normalized spacial score (nSPS) is 11.5. The molecule has 0 fully saturated rings. The van der Waals surface area contributed by atoms with Gasteiger partial charge in [0.05, 0.1) is 0 Å². The molecule has 0 heterocycles. The third-order valence-electron chi connectivity index (χ3n) is 1.41. The molecule has 14 heavy (non-hydrogen) atoms. The van der Waals surface area contributed by atoms with Crippen molar-refractivity contribution in [2.24, 2.45) is 0 Å². The van der Waals surface area contributed by atoms with Crippen LogP contribution in [0.3, 0.4) is 0 Å². The van der Waals surface area contributed by atoms with E-state index in [4.69, 9.17) is 0 Å². The SMILES string of the molecule is Fc1ccc(NCC(F)(F)F)cc1F. The van der Waals surface area contributed by atoms with Crippen molar-refractivity contribution in [3.8, 4) is 0 Å². The summed E-state index contributed by atoms with van der Waals surface area (Å²) in [6, 6.07) is 2.46. The summed E-state index contributed by atoms with van der Waals surface area (Å²) >= 11 is 0. The van der Waals surface area contributed by atoms with Crippen LogP contribution in [0.15, 0.2) is 18.2 Å². The Labute approximate surface area is 76.5 Å². The smallest absolute Gasteiger partial charge is 0.376 e. The lowest BCUT2D eigenvalue weighted by atomic mass is 10.3. The summed E-state index contributed by atoms with van der Waals surface area (Å²) in [5, 5.41) is 1.92. The van der Waals surface area contributed by atoms with Gasteiger partial charge in [-0.2, -0.15) is 13.2 Å². The lowest BCUT2D eigenvalue weighted by Gasteiger charge is -2.09. The molecule has 0 aliphatic carbocycles. The zero-order chi connectivity index (χ0) is 10.8. The Hall–Kier alpha value is -1.33. The van der Waals surface area contributed by atoms with Crippen LogP contribution in [0.1, 0.15) is 0 Å². The monoisotopic (exact) mass is 211 g/mol. The third kappa shape index (κ3) is 3.20. The van der Waals surface area contributed by atoms with Crippen molar-refractivity contribution in [1.82, 2.24) is 0 Å². The van der Waals surface area contributed by atoms with Crippen LogP contribution in [-0.2, 0) is 0 Å². The highest BCUT2D eigenvalue weighted by Crippen LogP contribution is 2.17. The highest BCUT2D eigenvalue weighted by molar-refractivity contribution is 5.43. The van der Waals surface area contributed by atoms with E-state index in [1.165, 1.54) is 0 Å². The van der Waals surface area contributed by atoms with E-state index in [1.807, 2.05) is 5.32 Å². The maximum atomic E-state index is 12.5. The van der Waals surface area contributed by atoms with Crippen LogP contribution < -0.4 is 5.32 Å². The zero-order valence-electron chi connectivity index (χ0n) is 6.83. The van der Waals surface area contributed by atoms with E-state index < -0.39 is 24.4 Å². The van der Waals surface area contributed by atoms with E-state index >= 15 is 0 Å². The molecule has 0 amide bonds. The fraction of sp³-hybridized carbons (Fsp3) is 0.250. The molecule has 0 bridgehead atoms. The van der Waals surface area contributed by atoms with Crippen molar-refractivity contribution in [3.05, 3.63) is 29.8 Å². The van der Waals surface area contributed by atoms with E-state index in [0.717, 1.165) is 12.1 Å². The van der Waals surface area contributed by atoms with E-state index in [0.29, 0.717) is 6.07 Å². The molecule has 1 nitrogen and oxygen atoms in total. The summed E-state index contributed by atoms with van der Waals surface area (Å²) in [5.74, 6) is -2.28. The van der Waals surface area contributed by atoms with E-state index in [9.17, 15) is 22.0 Å². The molecule has 0 spiro atoms. The molecule has 0 atom stereocenters. The molecular weight excluding hydrogens is 205 g/mol. The van der Waals surface area contributed by atoms with Gasteiger partial charge < -0.3 is 5.32 Å². The highest BCUT2D eigenvalue weighted by Gasteiger charge is 2.26. The summed E-state index contributed by atoms with van der Waals surface area (Å²) < 4.78 is 59.9. The molecule has 6 heteroatoms. The molecule has 1 rings (SSSR count). The topological polar surface area (TPSA) is 12.0 Å². The molecule has 0 saturated heterocycles. The van der Waals surface area contributed by atoms with Crippen molar-refractivity contribution in [1.29, 1.82) is 0 Å². The number of rotatable bonds is 2. The van der Waals surface area contributed by atoms with E-state index in [-0.39, 0.29) is 5.69 Å². The van der Waals surface area contributed by atoms with Gasteiger partial charge in [0.1, 0.15) is 6.54 Å². The van der Waals surface area contributed by atoms with Crippen molar-refractivity contribution >= 4 is 5.69 Å². The van der Waals surface area contributed by atoms with Gasteiger partial charge in [0.15, 0.2) is 11.6 Å². The van der Waals surface area contributed by atoms with Crippen LogP contribution in [0, 0.1) is 11.6 Å². The standard InChI is InChI=1S/C8H6F5N/c9-6-2-1-5(3-7(6)10)14-4-8(11,12)13/h1-3,14H,4H2. The lowest BCUT2D eigenvalue weighted by molar-refractivity contribution is -0.115. The maximum Gasteiger partial charge on any atom is 0.405 e. The molecule has 1 N–H and O–H groups in total. The van der Waals surface area contributed by atoms with Gasteiger partial charge in [-0.3, -0.25) is 0 Å². The quantitative estimate of drug-likeness (QED) is 0.741. The fourth-order valence-electron chi connectivity index (χ4n) is 0.808. The Morgan fingerprint density at radius 3 is 2.21 bits per heavy atom. The summed E-state index contributed by atoms with van der Waals surface area (Å²) in [7, 11) is 0. The van der Waals surface area contributed by atoms with Crippen molar-refractivity contribution in [3.63, 3.8) is 0 Å². The molecule has 1 aromatic carbocycles. The van der Waals surface area contributed by atoms with Crippen LogP contribution in [0.2, 0.25) is 0 Å². The maximum absolute atomic E-state index is 12.5. The first-order valence-electron chi connectivity index (χ1n) is 3.64. The minimum Gasteiger partial charge on any atom is -0.376 e. The van der Waals surface area contributed by atoms with Crippen LogP contribution in [0.4, 0.5) is 27.6 Å². The molecular formula is C8H6F5N. The van der Waals surface area contributed by atoms with Gasteiger partial charge in [-0.25, -0.2) is 8.78 Å². The fourth-order valence-corrected chi connectivity index (χ4v) is 0.808. The number of alkyl halides is 3. The zero-order valence-corrected chi connectivity index (χ0v) is 6.83. The number of benzene rings is 1. The van der Waals surface area contributed by atoms with Gasteiger partial charge >= 0.3 is 6.18 Å². The van der Waals surface area contributed by atoms with Gasteiger partial charge in [0.2, 0.25) is 0 Å². The van der Waals surface area contributed by atoms with Crippen LogP contribution in [0.5, 0.6) is 0 Å². The van der Waals surface area contributed by atoms with Gasteiger partial charge in [-0.1, -0.05) is 0 Å². The van der Waals surface area contributed by atoms with Gasteiger partial charge in [0.25, 0.3) is 0 Å². The van der Waals surface area contributed by atoms with Crippen LogP contribution in [0.25, 0.3) is 0 Å². The molecule has 78 valence electrons. The van der Waals surface area contributed by atoms with Gasteiger partial charge in [0, 0.05) is 11.8 Å². The number of nitrogens with one attached hydrogen (secondary N) is 1. The average molecular weight is 211 g/mol. The minimum absolute atomic E-state index is 0.110. The summed E-state index contributed by atoms with van der Waals surface area (Å²) in [6.45, 7) is -1.28. The Balaban J connectivity index is 2.65. The van der Waals surface area contributed by atoms with Crippen molar-refractivity contribution < 1.29 is 22.0 Å². The predicted octanol–water partition coefficient (Wildman–Crippen LogP) is 2.94. The summed E-state index contributed by atoms with van der Waals surface area (Å²) in [5.41, 5.74) is -0.110. The predicted molar refractivity (Wildman–Crippen MR) is 40.9 cm³/mol. The summed E-state index contributed by atoms with van der Waals surface area (Å²) in [6.07, 6.45) is -4.38. The van der Waals surface area contributed by atoms with E-state index in [2.05, 4.69) is 0 Å². The second-order valence-electron chi connectivity index (χ2n) is 2.60. The molecule has 0 aromatic heterocycles. The molecule has 0 unspecified atom stereocenters. The highest BCUT2D eigenvalue weighted by atomic mass is 19.4. The number of halogens is 5. The first kappa shape index (κ1) is 10.7. The molecule has 0 saturated carbocycles. The van der Waals surface area contributed by atoms with E-state index in [1.54, 1.807) is 0 Å². The van der Waals surface area contributed by atoms with Crippen LogP contribution in [-0.4, -0.2) is 12.7 Å². The molecule has 0 radical (unpaired) electrons. The molecule has 0 aliphatic rings. The lowest BCUT2D eigenvalue weighted by Crippen LogP contribution is -2.21. The second-order valence-corrected chi connectivity index (χ2v) is 2.60. The number of hydrogen-bond acceptors (Lipinski definition) is 1. The van der Waals surface area contributed by atoms with Crippen LogP contribution >= 0.6 is 0 Å².